The van der Waals surface area contributed by atoms with E-state index in [-0.39, 0.29) is 34.7 Å². The molecule has 5 N–H and O–H groups in total. The van der Waals surface area contributed by atoms with E-state index in [4.69, 9.17) is 0 Å². The summed E-state index contributed by atoms with van der Waals surface area (Å²) in [4.78, 5) is 12.3. The Morgan fingerprint density at radius 3 is 2.17 bits per heavy atom. The molecule has 0 saturated heterocycles. The first-order valence-electron chi connectivity index (χ1n) is 14.1. The van der Waals surface area contributed by atoms with Gasteiger partial charge in [-0.25, -0.2) is 0 Å². The summed E-state index contributed by atoms with van der Waals surface area (Å²) in [5.74, 6) is 0.185. The molecule has 4 fully saturated rings. The van der Waals surface area contributed by atoms with Crippen molar-refractivity contribution >= 4 is 6.29 Å². The predicted molar refractivity (Wildman–Crippen MR) is 137 cm³/mol. The van der Waals surface area contributed by atoms with E-state index in [0.29, 0.717) is 25.2 Å². The molecule has 0 aliphatic heterocycles. The van der Waals surface area contributed by atoms with Crippen LogP contribution in [0.15, 0.2) is 11.6 Å². The lowest BCUT2D eigenvalue weighted by Crippen LogP contribution is -2.71. The van der Waals surface area contributed by atoms with Crippen LogP contribution in [0.3, 0.4) is 0 Å². The van der Waals surface area contributed by atoms with Gasteiger partial charge in [-0.2, -0.15) is 0 Å². The molecule has 0 aromatic heterocycles. The van der Waals surface area contributed by atoms with Gasteiger partial charge in [0.2, 0.25) is 0 Å². The Morgan fingerprint density at radius 1 is 0.889 bits per heavy atom. The van der Waals surface area contributed by atoms with E-state index in [2.05, 4.69) is 26.8 Å². The van der Waals surface area contributed by atoms with Crippen LogP contribution in [0.25, 0.3) is 0 Å². The second kappa shape index (κ2) is 7.88. The summed E-state index contributed by atoms with van der Waals surface area (Å²) in [7, 11) is 0. The molecule has 0 unspecified atom stereocenters. The van der Waals surface area contributed by atoms with E-state index in [1.165, 1.54) is 5.57 Å². The number of allylic oxidation sites excluding steroid dienone is 2. The highest BCUT2D eigenvalue weighted by molar-refractivity contribution is 5.61. The maximum absolute atomic E-state index is 12.3. The zero-order chi connectivity index (χ0) is 26.7. The van der Waals surface area contributed by atoms with Crippen molar-refractivity contribution in [2.45, 2.75) is 111 Å². The largest absolute Gasteiger partial charge is 0.396 e. The first-order valence-corrected chi connectivity index (χ1v) is 14.1. The number of rotatable bonds is 2. The highest BCUT2D eigenvalue weighted by Gasteiger charge is 2.72. The molecule has 4 saturated carbocycles. The molecular formula is C30H48O6. The maximum Gasteiger partial charge on any atom is 0.128 e. The minimum atomic E-state index is -1.20. The molecule has 0 aromatic carbocycles. The SMILES string of the molecule is CC1(C)C[C@@H]2C3=CC[C@@H]4[C@@]5(C)CC[C@H](O)[C@](C)(C=O)[C@H]5CC[C@@]4(C)[C@]3(C)C[C@@H](O)[C@@]2(CO)[C@@H](O)[C@@H]1O. The minimum Gasteiger partial charge on any atom is -0.396 e. The molecule has 0 heterocycles. The van der Waals surface area contributed by atoms with Crippen LogP contribution in [-0.4, -0.2) is 62.8 Å². The van der Waals surface area contributed by atoms with E-state index in [1.54, 1.807) is 0 Å². The van der Waals surface area contributed by atoms with Crippen molar-refractivity contribution < 1.29 is 30.3 Å². The number of carbonyl (C=O) groups excluding carboxylic acids is 1. The molecule has 204 valence electrons. The fraction of sp³-hybridized carbons (Fsp3) is 0.900. The minimum absolute atomic E-state index is 0.106. The average molecular weight is 505 g/mol. The maximum atomic E-state index is 12.3. The van der Waals surface area contributed by atoms with Crippen molar-refractivity contribution in [1.29, 1.82) is 0 Å². The van der Waals surface area contributed by atoms with Crippen molar-refractivity contribution in [2.24, 2.45) is 50.2 Å². The van der Waals surface area contributed by atoms with Crippen molar-refractivity contribution in [3.63, 3.8) is 0 Å². The third kappa shape index (κ3) is 2.89. The van der Waals surface area contributed by atoms with Crippen LogP contribution >= 0.6 is 0 Å². The van der Waals surface area contributed by atoms with Crippen LogP contribution in [-0.2, 0) is 4.79 Å². The van der Waals surface area contributed by atoms with Gasteiger partial charge in [0, 0.05) is 0 Å². The normalized spacial score (nSPS) is 58.0. The molecule has 5 aliphatic carbocycles. The molecule has 12 atom stereocenters. The van der Waals surface area contributed by atoms with Crippen molar-refractivity contribution in [3.05, 3.63) is 11.6 Å². The first-order chi connectivity index (χ1) is 16.6. The number of hydrogen-bond acceptors (Lipinski definition) is 6. The van der Waals surface area contributed by atoms with E-state index < -0.39 is 40.7 Å². The summed E-state index contributed by atoms with van der Waals surface area (Å²) in [6.07, 6.45) is 4.72. The molecule has 0 radical (unpaired) electrons. The number of hydrogen-bond donors (Lipinski definition) is 5. The topological polar surface area (TPSA) is 118 Å². The average Bonchev–Trinajstić information content (AvgIpc) is 2.81. The van der Waals surface area contributed by atoms with Gasteiger partial charge >= 0.3 is 0 Å². The highest BCUT2D eigenvalue weighted by atomic mass is 16.3. The molecule has 6 heteroatoms. The van der Waals surface area contributed by atoms with Gasteiger partial charge in [-0.05, 0) is 84.4 Å². The Hall–Kier alpha value is -0.790. The summed E-state index contributed by atoms with van der Waals surface area (Å²) >= 11 is 0. The Labute approximate surface area is 216 Å². The second-order valence-corrected chi connectivity index (χ2v) is 15.0. The fourth-order valence-electron chi connectivity index (χ4n) is 10.8. The Balaban J connectivity index is 1.63. The van der Waals surface area contributed by atoms with Gasteiger partial charge in [-0.1, -0.05) is 53.2 Å². The van der Waals surface area contributed by atoms with E-state index >= 15 is 0 Å². The number of carbonyl (C=O) groups is 1. The summed E-state index contributed by atoms with van der Waals surface area (Å²) in [6, 6.07) is 0. The van der Waals surface area contributed by atoms with Gasteiger partial charge in [0.05, 0.1) is 41.9 Å². The lowest BCUT2D eigenvalue weighted by molar-refractivity contribution is -0.256. The number of aliphatic hydroxyl groups is 5. The number of aliphatic hydroxyl groups excluding tert-OH is 5. The van der Waals surface area contributed by atoms with Gasteiger partial charge in [-0.15, -0.1) is 0 Å². The smallest absolute Gasteiger partial charge is 0.128 e. The second-order valence-electron chi connectivity index (χ2n) is 15.0. The number of aldehydes is 1. The van der Waals surface area contributed by atoms with Crippen molar-refractivity contribution in [2.75, 3.05) is 6.61 Å². The standard InChI is InChI=1S/C30H48O6/c1-25(2)13-18-17-7-8-20-26(3)11-10-21(33)27(4,15-31)19(26)9-12-28(20,5)29(17,6)14-22(34)30(18,16-32)24(36)23(25)35/h7,15,18-24,32-36H,8-14,16H2,1-6H3/t18-,19+,20-,21+,22-,23+,24+,26+,27-,28-,29-,30+/m1/s1. The van der Waals surface area contributed by atoms with Crippen LogP contribution < -0.4 is 0 Å². The monoisotopic (exact) mass is 504 g/mol. The molecular weight excluding hydrogens is 456 g/mol. The van der Waals surface area contributed by atoms with E-state index in [1.807, 2.05) is 20.8 Å². The summed E-state index contributed by atoms with van der Waals surface area (Å²) in [5, 5.41) is 55.6. The lowest BCUT2D eigenvalue weighted by atomic mass is 9.33. The van der Waals surface area contributed by atoms with Crippen LogP contribution in [0, 0.1) is 50.2 Å². The Morgan fingerprint density at radius 2 is 1.56 bits per heavy atom. The van der Waals surface area contributed by atoms with Crippen LogP contribution in [0.5, 0.6) is 0 Å². The van der Waals surface area contributed by atoms with Gasteiger partial charge in [0.15, 0.2) is 0 Å². The third-order valence-electron chi connectivity index (χ3n) is 13.4. The number of fused-ring (bicyclic) bond motifs is 7. The molecule has 5 aliphatic rings. The van der Waals surface area contributed by atoms with Crippen molar-refractivity contribution in [3.8, 4) is 0 Å². The molecule has 5 rings (SSSR count). The van der Waals surface area contributed by atoms with E-state index in [9.17, 15) is 30.3 Å². The molecule has 0 amide bonds. The zero-order valence-corrected chi connectivity index (χ0v) is 23.0. The molecule has 36 heavy (non-hydrogen) atoms. The summed E-state index contributed by atoms with van der Waals surface area (Å²) < 4.78 is 0. The highest BCUT2D eigenvalue weighted by Crippen LogP contribution is 2.75. The third-order valence-corrected chi connectivity index (χ3v) is 13.4. The van der Waals surface area contributed by atoms with E-state index in [0.717, 1.165) is 32.0 Å². The molecule has 0 spiro atoms. The van der Waals surface area contributed by atoms with Gasteiger partial charge in [0.1, 0.15) is 6.29 Å². The van der Waals surface area contributed by atoms with Crippen LogP contribution in [0.2, 0.25) is 0 Å². The van der Waals surface area contributed by atoms with Gasteiger partial charge in [0.25, 0.3) is 0 Å². The first kappa shape index (κ1) is 26.8. The fourth-order valence-corrected chi connectivity index (χ4v) is 10.8. The Kier molecular flexibility index (Phi) is 5.86. The van der Waals surface area contributed by atoms with Crippen molar-refractivity contribution in [1.82, 2.24) is 0 Å². The van der Waals surface area contributed by atoms with Gasteiger partial charge in [-0.3, -0.25) is 0 Å². The quantitative estimate of drug-likeness (QED) is 0.291. The Bertz CT molecular complexity index is 961. The predicted octanol–water partition coefficient (Wildman–Crippen LogP) is 3.23. The molecule has 0 bridgehead atoms. The summed E-state index contributed by atoms with van der Waals surface area (Å²) in [6.45, 7) is 12.5. The zero-order valence-electron chi connectivity index (χ0n) is 23.0. The van der Waals surface area contributed by atoms with Gasteiger partial charge < -0.3 is 30.3 Å². The lowest BCUT2D eigenvalue weighted by Gasteiger charge is -2.72. The molecule has 0 aromatic rings. The molecule has 6 nitrogen and oxygen atoms in total. The van der Waals surface area contributed by atoms with Crippen LogP contribution in [0.4, 0.5) is 0 Å². The summed E-state index contributed by atoms with van der Waals surface area (Å²) in [5.41, 5.74) is -1.81. The van der Waals surface area contributed by atoms with Crippen LogP contribution in [0.1, 0.15) is 86.5 Å².